The van der Waals surface area contributed by atoms with Crippen LogP contribution in [0.15, 0.2) is 12.1 Å². The molecule has 1 aliphatic rings. The number of rotatable bonds is 8. The number of hydrogen-bond acceptors (Lipinski definition) is 4. The third-order valence-electron chi connectivity index (χ3n) is 2.81. The first-order valence-electron chi connectivity index (χ1n) is 6.78. The van der Waals surface area contributed by atoms with Crippen molar-refractivity contribution < 1.29 is 9.47 Å². The molecule has 0 radical (unpaired) electrons. The molecule has 0 spiro atoms. The molecule has 2 rings (SSSR count). The Labute approximate surface area is 119 Å². The average Bonchev–Trinajstić information content (AvgIpc) is 3.18. The quantitative estimate of drug-likeness (QED) is 0.746. The SMILES string of the molecule is CC(C)OCCOc1ccc(Cl)c(CNC2CC2)n1. The first-order valence-corrected chi connectivity index (χ1v) is 7.16. The van der Waals surface area contributed by atoms with Crippen LogP contribution in [0.1, 0.15) is 32.4 Å². The van der Waals surface area contributed by atoms with Crippen LogP contribution in [0.5, 0.6) is 5.88 Å². The van der Waals surface area contributed by atoms with E-state index < -0.39 is 0 Å². The van der Waals surface area contributed by atoms with E-state index in [2.05, 4.69) is 10.3 Å². The van der Waals surface area contributed by atoms with Crippen molar-refractivity contribution in [1.82, 2.24) is 10.3 Å². The molecule has 1 heterocycles. The van der Waals surface area contributed by atoms with E-state index >= 15 is 0 Å². The smallest absolute Gasteiger partial charge is 0.213 e. The summed E-state index contributed by atoms with van der Waals surface area (Å²) in [5.41, 5.74) is 0.843. The number of nitrogens with one attached hydrogen (secondary N) is 1. The third kappa shape index (κ3) is 5.35. The lowest BCUT2D eigenvalue weighted by atomic mass is 10.3. The van der Waals surface area contributed by atoms with E-state index in [0.29, 0.717) is 36.7 Å². The van der Waals surface area contributed by atoms with E-state index in [1.54, 1.807) is 6.07 Å². The predicted octanol–water partition coefficient (Wildman–Crippen LogP) is 2.79. The van der Waals surface area contributed by atoms with E-state index in [1.807, 2.05) is 19.9 Å². The summed E-state index contributed by atoms with van der Waals surface area (Å²) in [6, 6.07) is 4.26. The van der Waals surface area contributed by atoms with Crippen LogP contribution in [0.2, 0.25) is 5.02 Å². The van der Waals surface area contributed by atoms with Gasteiger partial charge in [-0.3, -0.25) is 0 Å². The molecule has 0 aromatic carbocycles. The van der Waals surface area contributed by atoms with Gasteiger partial charge in [-0.15, -0.1) is 0 Å². The molecule has 0 saturated heterocycles. The summed E-state index contributed by atoms with van der Waals surface area (Å²) < 4.78 is 11.0. The van der Waals surface area contributed by atoms with Crippen LogP contribution in [0, 0.1) is 0 Å². The summed E-state index contributed by atoms with van der Waals surface area (Å²) in [7, 11) is 0. The van der Waals surface area contributed by atoms with Crippen molar-refractivity contribution >= 4 is 11.6 Å². The van der Waals surface area contributed by atoms with Crippen LogP contribution in [-0.2, 0) is 11.3 Å². The molecule has 0 amide bonds. The summed E-state index contributed by atoms with van der Waals surface area (Å²) in [6.07, 6.45) is 2.72. The lowest BCUT2D eigenvalue weighted by Crippen LogP contribution is -2.17. The van der Waals surface area contributed by atoms with Gasteiger partial charge in [-0.05, 0) is 32.8 Å². The van der Waals surface area contributed by atoms with Gasteiger partial charge in [0.25, 0.3) is 0 Å². The molecule has 1 aromatic rings. The molecule has 19 heavy (non-hydrogen) atoms. The highest BCUT2D eigenvalue weighted by Crippen LogP contribution is 2.22. The fourth-order valence-electron chi connectivity index (χ4n) is 1.63. The molecule has 4 nitrogen and oxygen atoms in total. The number of nitrogens with zero attached hydrogens (tertiary/aromatic N) is 1. The number of pyridine rings is 1. The normalized spacial score (nSPS) is 14.9. The zero-order valence-corrected chi connectivity index (χ0v) is 12.2. The summed E-state index contributed by atoms with van der Waals surface area (Å²) in [4.78, 5) is 4.42. The molecule has 1 fully saturated rings. The third-order valence-corrected chi connectivity index (χ3v) is 3.16. The molecule has 1 N–H and O–H groups in total. The van der Waals surface area contributed by atoms with Crippen molar-refractivity contribution in [3.63, 3.8) is 0 Å². The number of ether oxygens (including phenoxy) is 2. The highest BCUT2D eigenvalue weighted by molar-refractivity contribution is 6.31. The largest absolute Gasteiger partial charge is 0.475 e. The van der Waals surface area contributed by atoms with Gasteiger partial charge in [0, 0.05) is 18.7 Å². The predicted molar refractivity (Wildman–Crippen MR) is 75.7 cm³/mol. The van der Waals surface area contributed by atoms with E-state index in [9.17, 15) is 0 Å². The first-order chi connectivity index (χ1) is 9.15. The maximum Gasteiger partial charge on any atom is 0.213 e. The fourth-order valence-corrected chi connectivity index (χ4v) is 1.80. The maximum atomic E-state index is 6.12. The Morgan fingerprint density at radius 1 is 1.37 bits per heavy atom. The Morgan fingerprint density at radius 3 is 2.84 bits per heavy atom. The molecule has 1 saturated carbocycles. The minimum Gasteiger partial charge on any atom is -0.475 e. The van der Waals surface area contributed by atoms with Crippen molar-refractivity contribution in [2.24, 2.45) is 0 Å². The van der Waals surface area contributed by atoms with Crippen molar-refractivity contribution in [3.05, 3.63) is 22.8 Å². The van der Waals surface area contributed by atoms with Gasteiger partial charge < -0.3 is 14.8 Å². The van der Waals surface area contributed by atoms with Gasteiger partial charge >= 0.3 is 0 Å². The molecule has 106 valence electrons. The molecular weight excluding hydrogens is 264 g/mol. The lowest BCUT2D eigenvalue weighted by Gasteiger charge is -2.10. The van der Waals surface area contributed by atoms with Crippen LogP contribution < -0.4 is 10.1 Å². The second-order valence-electron chi connectivity index (χ2n) is 5.00. The molecule has 0 bridgehead atoms. The molecule has 0 aliphatic heterocycles. The fraction of sp³-hybridized carbons (Fsp3) is 0.643. The van der Waals surface area contributed by atoms with Gasteiger partial charge in [0.1, 0.15) is 6.61 Å². The summed E-state index contributed by atoms with van der Waals surface area (Å²) in [5, 5.41) is 4.08. The Morgan fingerprint density at radius 2 is 2.16 bits per heavy atom. The zero-order valence-electron chi connectivity index (χ0n) is 11.5. The number of aromatic nitrogens is 1. The zero-order chi connectivity index (χ0) is 13.7. The highest BCUT2D eigenvalue weighted by Gasteiger charge is 2.20. The second kappa shape index (κ2) is 7.08. The first kappa shape index (κ1) is 14.6. The summed E-state index contributed by atoms with van der Waals surface area (Å²) in [5.74, 6) is 0.601. The molecular formula is C14H21ClN2O2. The van der Waals surface area contributed by atoms with Crippen LogP contribution in [0.4, 0.5) is 0 Å². The maximum absolute atomic E-state index is 6.12. The van der Waals surface area contributed by atoms with Crippen LogP contribution in [0.3, 0.4) is 0 Å². The minimum absolute atomic E-state index is 0.222. The van der Waals surface area contributed by atoms with Gasteiger partial charge in [-0.25, -0.2) is 4.98 Å². The molecule has 0 unspecified atom stereocenters. The van der Waals surface area contributed by atoms with Crippen molar-refractivity contribution in [2.75, 3.05) is 13.2 Å². The monoisotopic (exact) mass is 284 g/mol. The summed E-state index contributed by atoms with van der Waals surface area (Å²) in [6.45, 7) is 5.77. The van der Waals surface area contributed by atoms with Gasteiger partial charge in [-0.1, -0.05) is 11.6 Å². The van der Waals surface area contributed by atoms with E-state index in [1.165, 1.54) is 12.8 Å². The Kier molecular flexibility index (Phi) is 5.43. The van der Waals surface area contributed by atoms with Crippen LogP contribution in [0.25, 0.3) is 0 Å². The van der Waals surface area contributed by atoms with Crippen molar-refractivity contribution in [3.8, 4) is 5.88 Å². The number of halogens is 1. The Hall–Kier alpha value is -0.840. The van der Waals surface area contributed by atoms with Crippen molar-refractivity contribution in [2.45, 2.75) is 45.4 Å². The Balaban J connectivity index is 1.80. The van der Waals surface area contributed by atoms with Gasteiger partial charge in [-0.2, -0.15) is 0 Å². The standard InChI is InChI=1S/C14H21ClN2O2/c1-10(2)18-7-8-19-14-6-5-12(15)13(17-14)9-16-11-3-4-11/h5-6,10-11,16H,3-4,7-9H2,1-2H3. The molecule has 0 atom stereocenters. The van der Waals surface area contributed by atoms with Gasteiger partial charge in [0.15, 0.2) is 0 Å². The molecule has 1 aliphatic carbocycles. The lowest BCUT2D eigenvalue weighted by molar-refractivity contribution is 0.0542. The van der Waals surface area contributed by atoms with Gasteiger partial charge in [0.05, 0.1) is 23.4 Å². The van der Waals surface area contributed by atoms with Crippen LogP contribution in [-0.4, -0.2) is 30.3 Å². The number of hydrogen-bond donors (Lipinski definition) is 1. The molecule has 1 aromatic heterocycles. The van der Waals surface area contributed by atoms with Crippen molar-refractivity contribution in [1.29, 1.82) is 0 Å². The minimum atomic E-state index is 0.222. The van der Waals surface area contributed by atoms with E-state index in [0.717, 1.165) is 5.69 Å². The second-order valence-corrected chi connectivity index (χ2v) is 5.41. The van der Waals surface area contributed by atoms with E-state index in [-0.39, 0.29) is 6.10 Å². The van der Waals surface area contributed by atoms with Crippen LogP contribution >= 0.6 is 11.6 Å². The molecule has 5 heteroatoms. The van der Waals surface area contributed by atoms with E-state index in [4.69, 9.17) is 21.1 Å². The topological polar surface area (TPSA) is 43.4 Å². The Bertz CT molecular complexity index is 408. The average molecular weight is 285 g/mol. The summed E-state index contributed by atoms with van der Waals surface area (Å²) >= 11 is 6.12. The van der Waals surface area contributed by atoms with Gasteiger partial charge in [0.2, 0.25) is 5.88 Å². The highest BCUT2D eigenvalue weighted by atomic mass is 35.5.